The summed E-state index contributed by atoms with van der Waals surface area (Å²) in [5.74, 6) is -5.22. The number of hydrogen-bond donors (Lipinski definition) is 15. The van der Waals surface area contributed by atoms with Crippen LogP contribution in [0.2, 0.25) is 5.28 Å². The molecule has 5 aliphatic carbocycles. The molecular weight excluding hydrogens is 1110 g/mol. The third kappa shape index (κ3) is 10.5. The number of nitrogens with zero attached hydrogens (tertiary/aromatic N) is 3. The lowest BCUT2D eigenvalue weighted by Crippen LogP contribution is -2.62. The molecule has 75 heavy (non-hydrogen) atoms. The van der Waals surface area contributed by atoms with Crippen molar-refractivity contribution in [3.63, 3.8) is 0 Å². The normalized spacial score (nSPS) is 43.3. The van der Waals surface area contributed by atoms with E-state index in [1.807, 2.05) is 0 Å². The van der Waals surface area contributed by atoms with E-state index in [2.05, 4.69) is 67.5 Å². The van der Waals surface area contributed by atoms with Crippen LogP contribution < -0.4 is 58.3 Å². The SMILES string of the molecule is Nc1nc(Cl)nc(NC2=CC(NS(=O)(=O)C3CCCC4C5NC6NC(NC7NC(NC8NC(NC(N5)C43)C3CCCC(S(=O)(=O)O)C83)C3CCCC(S(=O)(=O)O)C73)C3CCCC(S(=O)(=O)O)C63)=CCC2S(=O)(=O)O)n1. The number of fused-ring (bicyclic) bond motifs is 20. The highest BCUT2D eigenvalue weighted by atomic mass is 35.5. The second kappa shape index (κ2) is 19.9. The van der Waals surface area contributed by atoms with E-state index in [-0.39, 0.29) is 60.7 Å². The van der Waals surface area contributed by atoms with Gasteiger partial charge in [-0.1, -0.05) is 31.8 Å². The quantitative estimate of drug-likeness (QED) is 0.120. The largest absolute Gasteiger partial charge is 0.368 e. The predicted molar refractivity (Wildman–Crippen MR) is 270 cm³/mol. The molecule has 5 aliphatic heterocycles. The molecule has 21 unspecified atom stereocenters. The first-order valence-corrected chi connectivity index (χ1v) is 33.5. The van der Waals surface area contributed by atoms with Crippen LogP contribution >= 0.6 is 11.6 Å². The number of allylic oxidation sites excluding steroid dienone is 2. The van der Waals surface area contributed by atoms with E-state index in [9.17, 15) is 51.9 Å². The Kier molecular flexibility index (Phi) is 14.4. The topological polar surface area (TPSA) is 437 Å². The molecule has 21 atom stereocenters. The molecule has 0 spiro atoms. The highest BCUT2D eigenvalue weighted by molar-refractivity contribution is 7.90. The van der Waals surface area contributed by atoms with E-state index in [1.165, 1.54) is 12.2 Å². The Balaban J connectivity index is 0.968. The van der Waals surface area contributed by atoms with Crippen LogP contribution in [-0.2, 0) is 50.5 Å². The van der Waals surface area contributed by atoms with Gasteiger partial charge >= 0.3 is 0 Å². The lowest BCUT2D eigenvalue weighted by molar-refractivity contribution is 0.167. The fourth-order valence-corrected chi connectivity index (χ4v) is 21.9. The van der Waals surface area contributed by atoms with Crippen LogP contribution in [0.15, 0.2) is 23.5 Å². The third-order valence-corrected chi connectivity index (χ3v) is 25.3. The van der Waals surface area contributed by atoms with Gasteiger partial charge < -0.3 is 11.1 Å². The van der Waals surface area contributed by atoms with Crippen molar-refractivity contribution >= 4 is 74.0 Å². The summed E-state index contributed by atoms with van der Waals surface area (Å²) in [4.78, 5) is 11.5. The number of aromatic nitrogens is 3. The fourth-order valence-electron chi connectivity index (χ4n) is 15.4. The van der Waals surface area contributed by atoms with Gasteiger partial charge in [0.2, 0.25) is 27.2 Å². The molecule has 34 heteroatoms. The Hall–Kier alpha value is -2.55. The highest BCUT2D eigenvalue weighted by Gasteiger charge is 2.61. The zero-order valence-corrected chi connectivity index (χ0v) is 45.0. The molecule has 8 bridgehead atoms. The molecule has 0 aromatic carbocycles. The first-order valence-electron chi connectivity index (χ1n) is 25.5. The van der Waals surface area contributed by atoms with E-state index in [1.54, 1.807) is 0 Å². The maximum absolute atomic E-state index is 15.1. The molecule has 5 saturated heterocycles. The van der Waals surface area contributed by atoms with E-state index < -0.39 is 173 Å². The van der Waals surface area contributed by atoms with Crippen LogP contribution in [-0.4, -0.2) is 151 Å². The number of rotatable bonds is 9. The Labute approximate surface area is 440 Å². The summed E-state index contributed by atoms with van der Waals surface area (Å²) in [5.41, 5.74) is 5.50. The molecule has 4 saturated carbocycles. The molecule has 6 heterocycles. The van der Waals surface area contributed by atoms with Crippen molar-refractivity contribution < 1.29 is 60.3 Å². The number of nitrogens with one attached hydrogen (secondary N) is 10. The number of hydrogen-bond acceptors (Lipinski definition) is 23. The molecule has 28 nitrogen and oxygen atoms in total. The summed E-state index contributed by atoms with van der Waals surface area (Å²) < 4.78 is 180. The van der Waals surface area contributed by atoms with Crippen LogP contribution in [0.3, 0.4) is 0 Å². The number of nitrogen functional groups attached to an aromatic ring is 1. The Morgan fingerprint density at radius 1 is 0.493 bits per heavy atom. The van der Waals surface area contributed by atoms with Crippen molar-refractivity contribution in [1.29, 1.82) is 0 Å². The fraction of sp³-hybridized carbons (Fsp3) is 0.829. The summed E-state index contributed by atoms with van der Waals surface area (Å²) in [5, 5.41) is 25.0. The average molecular weight is 1170 g/mol. The van der Waals surface area contributed by atoms with Crippen molar-refractivity contribution in [1.82, 2.24) is 62.2 Å². The van der Waals surface area contributed by atoms with Gasteiger partial charge in [0.05, 0.1) is 70.3 Å². The van der Waals surface area contributed by atoms with Gasteiger partial charge in [-0.15, -0.1) is 0 Å². The second-order valence-corrected chi connectivity index (χ2v) is 30.8. The lowest BCUT2D eigenvalue weighted by atomic mass is 9.76. The van der Waals surface area contributed by atoms with Crippen molar-refractivity contribution in [2.75, 3.05) is 11.1 Å². The maximum Gasteiger partial charge on any atom is 0.273 e. The molecule has 1 aromatic heterocycles. The van der Waals surface area contributed by atoms with Gasteiger partial charge in [0, 0.05) is 35.1 Å². The third-order valence-electron chi connectivity index (χ3n) is 18.2. The molecule has 0 radical (unpaired) electrons. The van der Waals surface area contributed by atoms with Gasteiger partial charge in [0.1, 0.15) is 5.25 Å². The zero-order valence-electron chi connectivity index (χ0n) is 40.2. The summed E-state index contributed by atoms with van der Waals surface area (Å²) >= 11 is 5.97. The van der Waals surface area contributed by atoms with Gasteiger partial charge in [-0.05, 0) is 99.1 Å². The molecule has 420 valence electrons. The van der Waals surface area contributed by atoms with Crippen molar-refractivity contribution in [2.45, 2.75) is 159 Å². The minimum atomic E-state index is -4.77. The summed E-state index contributed by atoms with van der Waals surface area (Å²) in [7, 11) is -23.0. The molecular formula is C41H65ClN14O14S5. The lowest BCUT2D eigenvalue weighted by Gasteiger charge is -2.40. The molecule has 16 N–H and O–H groups in total. The first-order chi connectivity index (χ1) is 35.2. The van der Waals surface area contributed by atoms with Crippen LogP contribution in [0.5, 0.6) is 0 Å². The second-order valence-electron chi connectivity index (χ2n) is 22.1. The van der Waals surface area contributed by atoms with E-state index in [0.29, 0.717) is 51.4 Å². The van der Waals surface area contributed by atoms with Gasteiger partial charge in [0.15, 0.2) is 0 Å². The smallest absolute Gasteiger partial charge is 0.273 e. The molecule has 10 aliphatic rings. The summed E-state index contributed by atoms with van der Waals surface area (Å²) in [6.07, 6.45) is 0.772. The Morgan fingerprint density at radius 3 is 1.20 bits per heavy atom. The monoisotopic (exact) mass is 1170 g/mol. The minimum Gasteiger partial charge on any atom is -0.368 e. The molecule has 0 amide bonds. The average Bonchev–Trinajstić information content (AvgIpc) is 4.07. The maximum atomic E-state index is 15.1. The van der Waals surface area contributed by atoms with Crippen molar-refractivity contribution in [3.8, 4) is 0 Å². The molecule has 9 fully saturated rings. The van der Waals surface area contributed by atoms with Crippen molar-refractivity contribution in [2.24, 2.45) is 47.3 Å². The minimum absolute atomic E-state index is 0.0321. The zero-order chi connectivity index (χ0) is 53.3. The van der Waals surface area contributed by atoms with Gasteiger partial charge in [-0.25, -0.2) is 8.42 Å². The van der Waals surface area contributed by atoms with Crippen LogP contribution in [0.4, 0.5) is 11.9 Å². The number of nitrogens with two attached hydrogens (primary N) is 1. The standard InChI is InChI=1S/C41H65ClN14O14S5/c42-39-53-40(43)55-41(54-39)44-21-15-16(13-14-22(21)72(59,60)61)56-71(57,58)23-9-1-5-17-27(23)35-45-31(17)47-36-29-19(7-3-11-25(29)74(65,66)67)33(49-36)51-38-30-20(8-4-12-26(30)75(68,69)70)34(52-38)50-37-28-18(32(46-35)48-37)6-2-10-24(28)73(62,63)64/h13,15,17-20,22-38,45-52,56H,1-12,14H2,(H,59,60,61)(H,62,63,64)(H,65,66,67)(H,68,69,70)(H3,43,44,53,54,55). The van der Waals surface area contributed by atoms with Gasteiger partial charge in [0.25, 0.3) is 40.5 Å². The van der Waals surface area contributed by atoms with Crippen molar-refractivity contribution in [3.05, 3.63) is 28.8 Å². The predicted octanol–water partition coefficient (Wildman–Crippen LogP) is -1.94. The van der Waals surface area contributed by atoms with Crippen LogP contribution in [0, 0.1) is 47.3 Å². The van der Waals surface area contributed by atoms with E-state index >= 15 is 8.42 Å². The molecule has 1 aromatic rings. The summed E-state index contributed by atoms with van der Waals surface area (Å²) in [6.45, 7) is 0. The van der Waals surface area contributed by atoms with Gasteiger partial charge in [-0.3, -0.25) is 65.5 Å². The number of halogens is 1. The Morgan fingerprint density at radius 2 is 0.853 bits per heavy atom. The first kappa shape index (κ1) is 54.4. The van der Waals surface area contributed by atoms with E-state index in [0.717, 1.165) is 0 Å². The van der Waals surface area contributed by atoms with Crippen LogP contribution in [0.25, 0.3) is 0 Å². The highest BCUT2D eigenvalue weighted by Crippen LogP contribution is 2.49. The summed E-state index contributed by atoms with van der Waals surface area (Å²) in [6, 6.07) is 0. The van der Waals surface area contributed by atoms with Gasteiger partial charge in [-0.2, -0.15) is 48.6 Å². The number of anilines is 2. The molecule has 11 rings (SSSR count). The Bertz CT molecular complexity index is 3000. The number of sulfonamides is 1. The van der Waals surface area contributed by atoms with E-state index in [4.69, 9.17) is 17.3 Å². The van der Waals surface area contributed by atoms with Crippen LogP contribution in [0.1, 0.15) is 83.5 Å².